The van der Waals surface area contributed by atoms with E-state index in [0.717, 1.165) is 40.3 Å². The van der Waals surface area contributed by atoms with E-state index >= 15 is 0 Å². The molecule has 0 atom stereocenters. The van der Waals surface area contributed by atoms with Crippen LogP contribution in [0.3, 0.4) is 0 Å². The van der Waals surface area contributed by atoms with Gasteiger partial charge in [0.1, 0.15) is 0 Å². The summed E-state index contributed by atoms with van der Waals surface area (Å²) in [7, 11) is 0. The number of carbonyl (C=O) groups excluding carboxylic acids is 1. The van der Waals surface area contributed by atoms with Crippen LogP contribution >= 0.6 is 0 Å². The summed E-state index contributed by atoms with van der Waals surface area (Å²) in [5.41, 5.74) is 6.29. The first-order valence-electron chi connectivity index (χ1n) is 8.50. The van der Waals surface area contributed by atoms with Gasteiger partial charge in [0.05, 0.1) is 11.4 Å². The van der Waals surface area contributed by atoms with Crippen molar-refractivity contribution in [2.75, 3.05) is 5.32 Å². The number of aromatic nitrogens is 2. The summed E-state index contributed by atoms with van der Waals surface area (Å²) < 4.78 is 1.93. The molecular formula is C21H23N3O. The molecule has 0 aliphatic heterocycles. The Kier molecular flexibility index (Phi) is 4.98. The van der Waals surface area contributed by atoms with Crippen LogP contribution in [0.1, 0.15) is 28.9 Å². The fourth-order valence-electron chi connectivity index (χ4n) is 2.90. The minimum absolute atomic E-state index is 0.0354. The molecule has 128 valence electrons. The molecule has 3 aromatic rings. The summed E-state index contributed by atoms with van der Waals surface area (Å²) in [5, 5.41) is 7.44. The highest BCUT2D eigenvalue weighted by atomic mass is 16.1. The van der Waals surface area contributed by atoms with Crippen molar-refractivity contribution in [3.8, 4) is 5.69 Å². The largest absolute Gasteiger partial charge is 0.326 e. The molecule has 1 amide bonds. The zero-order valence-corrected chi connectivity index (χ0v) is 14.9. The van der Waals surface area contributed by atoms with Crippen LogP contribution < -0.4 is 5.32 Å². The van der Waals surface area contributed by atoms with Crippen molar-refractivity contribution in [3.63, 3.8) is 0 Å². The van der Waals surface area contributed by atoms with Crippen LogP contribution in [0.4, 0.5) is 5.69 Å². The molecule has 0 aliphatic carbocycles. The predicted octanol–water partition coefficient (Wildman–Crippen LogP) is 4.37. The van der Waals surface area contributed by atoms with Gasteiger partial charge in [0, 0.05) is 17.8 Å². The van der Waals surface area contributed by atoms with Gasteiger partial charge in [-0.15, -0.1) is 0 Å². The van der Waals surface area contributed by atoms with Crippen LogP contribution in [0.15, 0.2) is 54.6 Å². The molecule has 4 heteroatoms. The maximum absolute atomic E-state index is 12.1. The Balaban J connectivity index is 1.58. The molecule has 4 nitrogen and oxygen atoms in total. The van der Waals surface area contributed by atoms with Crippen molar-refractivity contribution < 1.29 is 4.79 Å². The lowest BCUT2D eigenvalue weighted by atomic mass is 10.1. The fourth-order valence-corrected chi connectivity index (χ4v) is 2.90. The summed E-state index contributed by atoms with van der Waals surface area (Å²) in [6.07, 6.45) is 1.18. The highest BCUT2D eigenvalue weighted by molar-refractivity contribution is 5.90. The molecule has 0 aliphatic rings. The standard InChI is InChI=1S/C21H23N3O/c1-15-5-4-6-19(13-15)22-21(25)12-9-18-7-10-20(11-8-18)24-17(3)14-16(2)23-24/h4-8,10-11,13-14H,9,12H2,1-3H3,(H,22,25). The maximum Gasteiger partial charge on any atom is 0.224 e. The van der Waals surface area contributed by atoms with Crippen LogP contribution in [0.2, 0.25) is 0 Å². The van der Waals surface area contributed by atoms with E-state index in [4.69, 9.17) is 0 Å². The molecule has 0 saturated heterocycles. The molecule has 0 unspecified atom stereocenters. The first-order chi connectivity index (χ1) is 12.0. The number of hydrogen-bond acceptors (Lipinski definition) is 2. The van der Waals surface area contributed by atoms with Crippen molar-refractivity contribution in [2.45, 2.75) is 33.6 Å². The summed E-state index contributed by atoms with van der Waals surface area (Å²) in [6.45, 7) is 6.05. The third-order valence-electron chi connectivity index (χ3n) is 4.13. The zero-order valence-electron chi connectivity index (χ0n) is 14.9. The van der Waals surface area contributed by atoms with E-state index in [0.29, 0.717) is 6.42 Å². The smallest absolute Gasteiger partial charge is 0.224 e. The molecule has 25 heavy (non-hydrogen) atoms. The summed E-state index contributed by atoms with van der Waals surface area (Å²) >= 11 is 0. The van der Waals surface area contributed by atoms with Gasteiger partial charge < -0.3 is 5.32 Å². The molecule has 1 heterocycles. The molecule has 3 rings (SSSR count). The molecule has 2 aromatic carbocycles. The van der Waals surface area contributed by atoms with Crippen LogP contribution in [-0.2, 0) is 11.2 Å². The number of amides is 1. The number of anilines is 1. The second-order valence-electron chi connectivity index (χ2n) is 6.42. The van der Waals surface area contributed by atoms with Crippen molar-refractivity contribution in [2.24, 2.45) is 0 Å². The number of nitrogens with one attached hydrogen (secondary N) is 1. The normalized spacial score (nSPS) is 10.7. The van der Waals surface area contributed by atoms with Crippen LogP contribution in [0, 0.1) is 20.8 Å². The van der Waals surface area contributed by atoms with Crippen molar-refractivity contribution in [1.29, 1.82) is 0 Å². The van der Waals surface area contributed by atoms with Crippen molar-refractivity contribution in [1.82, 2.24) is 9.78 Å². The van der Waals surface area contributed by atoms with Gasteiger partial charge in [-0.1, -0.05) is 24.3 Å². The maximum atomic E-state index is 12.1. The Morgan fingerprint density at radius 2 is 1.80 bits per heavy atom. The Hall–Kier alpha value is -2.88. The van der Waals surface area contributed by atoms with Gasteiger partial charge in [0.25, 0.3) is 0 Å². The Morgan fingerprint density at radius 1 is 1.04 bits per heavy atom. The van der Waals surface area contributed by atoms with Crippen LogP contribution in [-0.4, -0.2) is 15.7 Å². The van der Waals surface area contributed by atoms with E-state index < -0.39 is 0 Å². The second kappa shape index (κ2) is 7.34. The van der Waals surface area contributed by atoms with Gasteiger partial charge in [-0.2, -0.15) is 5.10 Å². The minimum Gasteiger partial charge on any atom is -0.326 e. The number of rotatable bonds is 5. The lowest BCUT2D eigenvalue weighted by Gasteiger charge is -2.08. The van der Waals surface area contributed by atoms with E-state index in [1.165, 1.54) is 0 Å². The highest BCUT2D eigenvalue weighted by Crippen LogP contribution is 2.15. The molecule has 0 bridgehead atoms. The van der Waals surface area contributed by atoms with E-state index in [2.05, 4.69) is 28.6 Å². The van der Waals surface area contributed by atoms with Gasteiger partial charge in [0.2, 0.25) is 5.91 Å². The number of hydrogen-bond donors (Lipinski definition) is 1. The number of carbonyl (C=O) groups is 1. The van der Waals surface area contributed by atoms with E-state index in [1.54, 1.807) is 0 Å². The third-order valence-corrected chi connectivity index (χ3v) is 4.13. The number of benzene rings is 2. The predicted molar refractivity (Wildman–Crippen MR) is 101 cm³/mol. The van der Waals surface area contributed by atoms with Crippen LogP contribution in [0.5, 0.6) is 0 Å². The van der Waals surface area contributed by atoms with Crippen LogP contribution in [0.25, 0.3) is 5.69 Å². The number of aryl methyl sites for hydroxylation is 4. The van der Waals surface area contributed by atoms with Gasteiger partial charge in [-0.25, -0.2) is 4.68 Å². The first-order valence-corrected chi connectivity index (χ1v) is 8.50. The topological polar surface area (TPSA) is 46.9 Å². The molecule has 0 saturated carbocycles. The number of nitrogens with zero attached hydrogens (tertiary/aromatic N) is 2. The first kappa shape index (κ1) is 17.0. The SMILES string of the molecule is Cc1cccc(NC(=O)CCc2ccc(-n3nc(C)cc3C)cc2)c1. The summed E-state index contributed by atoms with van der Waals surface area (Å²) in [5.74, 6) is 0.0354. The molecular weight excluding hydrogens is 310 g/mol. The Morgan fingerprint density at radius 3 is 2.44 bits per heavy atom. The lowest BCUT2D eigenvalue weighted by Crippen LogP contribution is -2.12. The average Bonchev–Trinajstić information content (AvgIpc) is 2.92. The highest BCUT2D eigenvalue weighted by Gasteiger charge is 2.06. The van der Waals surface area contributed by atoms with E-state index in [9.17, 15) is 4.79 Å². The fraction of sp³-hybridized carbons (Fsp3) is 0.238. The van der Waals surface area contributed by atoms with Gasteiger partial charge >= 0.3 is 0 Å². The molecule has 1 N–H and O–H groups in total. The molecule has 0 fully saturated rings. The lowest BCUT2D eigenvalue weighted by molar-refractivity contribution is -0.116. The van der Waals surface area contributed by atoms with Crippen molar-refractivity contribution in [3.05, 3.63) is 77.1 Å². The van der Waals surface area contributed by atoms with Gasteiger partial charge in [0.15, 0.2) is 0 Å². The van der Waals surface area contributed by atoms with Crippen molar-refractivity contribution >= 4 is 11.6 Å². The average molecular weight is 333 g/mol. The minimum atomic E-state index is 0.0354. The summed E-state index contributed by atoms with van der Waals surface area (Å²) in [4.78, 5) is 12.1. The zero-order chi connectivity index (χ0) is 17.8. The monoisotopic (exact) mass is 333 g/mol. The Bertz CT molecular complexity index is 878. The second-order valence-corrected chi connectivity index (χ2v) is 6.42. The van der Waals surface area contributed by atoms with Gasteiger partial charge in [-0.05, 0) is 68.7 Å². The van der Waals surface area contributed by atoms with E-state index in [-0.39, 0.29) is 5.91 Å². The third kappa shape index (κ3) is 4.35. The summed E-state index contributed by atoms with van der Waals surface area (Å²) in [6, 6.07) is 18.1. The Labute approximate surface area is 148 Å². The van der Waals surface area contributed by atoms with Gasteiger partial charge in [-0.3, -0.25) is 4.79 Å². The molecule has 1 aromatic heterocycles. The molecule has 0 spiro atoms. The van der Waals surface area contributed by atoms with E-state index in [1.807, 2.05) is 61.9 Å². The quantitative estimate of drug-likeness (QED) is 0.754. The molecule has 0 radical (unpaired) electrons.